The Balaban J connectivity index is 1.38. The van der Waals surface area contributed by atoms with Gasteiger partial charge in [-0.15, -0.1) is 0 Å². The average Bonchev–Trinajstić information content (AvgIpc) is 3.48. The van der Waals surface area contributed by atoms with Gasteiger partial charge in [0.15, 0.2) is 5.78 Å². The number of Topliss-reactive ketones (excluding diaryl/α,β-unsaturated/α-hetero) is 1. The molecular weight excluding hydrogens is 386 g/mol. The first-order valence-corrected chi connectivity index (χ1v) is 10.8. The molecule has 1 fully saturated rings. The Morgan fingerprint density at radius 2 is 1.97 bits per heavy atom. The second kappa shape index (κ2) is 10.1. The maximum absolute atomic E-state index is 11.3. The van der Waals surface area contributed by atoms with E-state index in [4.69, 9.17) is 16.3 Å². The molecule has 3 rings (SSSR count). The Hall–Kier alpha value is -2.14. The molecule has 0 aliphatic heterocycles. The first kappa shape index (κ1) is 21.6. The van der Waals surface area contributed by atoms with E-state index < -0.39 is 0 Å². The molecule has 1 saturated carbocycles. The van der Waals surface area contributed by atoms with Crippen molar-refractivity contribution in [2.24, 2.45) is 17.8 Å². The minimum Gasteiger partial charge on any atom is -0.494 e. The number of carbonyl (C=O) groups is 1. The lowest BCUT2D eigenvalue weighted by Crippen LogP contribution is -2.23. The lowest BCUT2D eigenvalue weighted by atomic mass is 9.94. The predicted molar refractivity (Wildman–Crippen MR) is 117 cm³/mol. The topological polar surface area (TPSA) is 55.3 Å². The number of halogens is 1. The molecule has 1 aromatic carbocycles. The van der Waals surface area contributed by atoms with Gasteiger partial charge in [-0.25, -0.2) is 9.97 Å². The summed E-state index contributed by atoms with van der Waals surface area (Å²) in [4.78, 5) is 22.0. The summed E-state index contributed by atoms with van der Waals surface area (Å²) in [5.41, 5.74) is 0.722. The van der Waals surface area contributed by atoms with Gasteiger partial charge in [-0.1, -0.05) is 24.9 Å². The first-order chi connectivity index (χ1) is 14.0. The number of aromatic nitrogens is 2. The Morgan fingerprint density at radius 1 is 1.28 bits per heavy atom. The highest BCUT2D eigenvalue weighted by Crippen LogP contribution is 2.48. The molecule has 0 amide bonds. The molecule has 156 valence electrons. The van der Waals surface area contributed by atoms with Crippen LogP contribution in [0.4, 0.5) is 5.95 Å². The number of carbonyl (C=O) groups excluding carboxylic acids is 1. The van der Waals surface area contributed by atoms with Gasteiger partial charge in [0, 0.05) is 19.2 Å². The number of benzene rings is 1. The third-order valence-corrected chi connectivity index (χ3v) is 6.10. The minimum absolute atomic E-state index is 0.0799. The molecule has 1 aliphatic carbocycles. The lowest BCUT2D eigenvalue weighted by molar-refractivity contribution is 0.101. The molecule has 0 spiro atoms. The molecule has 2 aromatic rings. The Bertz CT molecular complexity index is 795. The number of rotatable bonds is 11. The van der Waals surface area contributed by atoms with E-state index in [1.54, 1.807) is 19.3 Å². The molecule has 1 heterocycles. The van der Waals surface area contributed by atoms with E-state index in [0.29, 0.717) is 5.02 Å². The quantitative estimate of drug-likeness (QED) is 0.466. The predicted octanol–water partition coefficient (Wildman–Crippen LogP) is 5.29. The summed E-state index contributed by atoms with van der Waals surface area (Å²) in [5, 5.41) is 0.562. The van der Waals surface area contributed by atoms with Gasteiger partial charge in [0.2, 0.25) is 5.95 Å². The summed E-state index contributed by atoms with van der Waals surface area (Å²) in [6.07, 6.45) is 8.01. The standard InChI is InChI=1S/C23H30ClN3O2/c1-4-17(9-11-27(3)23-25-14-20(24)15-26-23)22-13-19(22)10-12-29-21-7-5-18(6-8-21)16(2)28/h5-8,14-15,17,19,22H,4,9-13H2,1-3H3. The van der Waals surface area contributed by atoms with Gasteiger partial charge in [-0.05, 0) is 68.2 Å². The fraction of sp³-hybridized carbons (Fsp3) is 0.522. The summed E-state index contributed by atoms with van der Waals surface area (Å²) in [6.45, 7) is 5.54. The van der Waals surface area contributed by atoms with Crippen molar-refractivity contribution < 1.29 is 9.53 Å². The molecule has 29 heavy (non-hydrogen) atoms. The Labute approximate surface area is 178 Å². The maximum atomic E-state index is 11.3. The van der Waals surface area contributed by atoms with Crippen molar-refractivity contribution in [3.05, 3.63) is 47.2 Å². The number of hydrogen-bond donors (Lipinski definition) is 0. The van der Waals surface area contributed by atoms with E-state index in [-0.39, 0.29) is 5.78 Å². The van der Waals surface area contributed by atoms with Crippen LogP contribution < -0.4 is 9.64 Å². The Kier molecular flexibility index (Phi) is 7.48. The third-order valence-electron chi connectivity index (χ3n) is 5.91. The SMILES string of the molecule is CCC(CCN(C)c1ncc(Cl)cn1)C1CC1CCOc1ccc(C(C)=O)cc1. The molecule has 1 aliphatic rings. The summed E-state index contributed by atoms with van der Waals surface area (Å²) in [5.74, 6) is 3.92. The molecule has 5 nitrogen and oxygen atoms in total. The largest absolute Gasteiger partial charge is 0.494 e. The van der Waals surface area contributed by atoms with Crippen molar-refractivity contribution >= 4 is 23.3 Å². The molecular formula is C23H30ClN3O2. The molecule has 0 saturated heterocycles. The van der Waals surface area contributed by atoms with E-state index in [2.05, 4.69) is 21.8 Å². The van der Waals surface area contributed by atoms with Gasteiger partial charge in [0.25, 0.3) is 0 Å². The van der Waals surface area contributed by atoms with Crippen molar-refractivity contribution in [3.63, 3.8) is 0 Å². The summed E-state index contributed by atoms with van der Waals surface area (Å²) in [6, 6.07) is 7.41. The van der Waals surface area contributed by atoms with Gasteiger partial charge in [-0.2, -0.15) is 0 Å². The van der Waals surface area contributed by atoms with E-state index in [1.165, 1.54) is 12.8 Å². The van der Waals surface area contributed by atoms with Crippen LogP contribution in [0.15, 0.2) is 36.7 Å². The van der Waals surface area contributed by atoms with Crippen LogP contribution in [0.1, 0.15) is 49.9 Å². The lowest BCUT2D eigenvalue weighted by Gasteiger charge is -2.21. The number of anilines is 1. The highest BCUT2D eigenvalue weighted by atomic mass is 35.5. The fourth-order valence-electron chi connectivity index (χ4n) is 3.98. The van der Waals surface area contributed by atoms with E-state index in [0.717, 1.165) is 61.0 Å². The zero-order valence-electron chi connectivity index (χ0n) is 17.5. The molecule has 0 radical (unpaired) electrons. The number of nitrogens with zero attached hydrogens (tertiary/aromatic N) is 3. The molecule has 0 N–H and O–H groups in total. The second-order valence-electron chi connectivity index (χ2n) is 7.96. The normalized spacial score (nSPS) is 18.9. The molecule has 3 atom stereocenters. The van der Waals surface area contributed by atoms with Crippen LogP contribution in [-0.2, 0) is 0 Å². The zero-order chi connectivity index (χ0) is 20.8. The molecule has 0 bridgehead atoms. The molecule has 6 heteroatoms. The average molecular weight is 416 g/mol. The van der Waals surface area contributed by atoms with Crippen LogP contribution in [0.2, 0.25) is 5.02 Å². The van der Waals surface area contributed by atoms with Crippen molar-refractivity contribution in [3.8, 4) is 5.75 Å². The summed E-state index contributed by atoms with van der Waals surface area (Å²) in [7, 11) is 2.03. The van der Waals surface area contributed by atoms with Crippen LogP contribution in [0.3, 0.4) is 0 Å². The number of hydrogen-bond acceptors (Lipinski definition) is 5. The van der Waals surface area contributed by atoms with E-state index in [1.807, 2.05) is 31.3 Å². The van der Waals surface area contributed by atoms with Gasteiger partial charge in [0.05, 0.1) is 24.0 Å². The first-order valence-electron chi connectivity index (χ1n) is 10.4. The van der Waals surface area contributed by atoms with Crippen LogP contribution >= 0.6 is 11.6 Å². The highest BCUT2D eigenvalue weighted by Gasteiger charge is 2.41. The minimum atomic E-state index is 0.0799. The smallest absolute Gasteiger partial charge is 0.225 e. The highest BCUT2D eigenvalue weighted by molar-refractivity contribution is 6.30. The van der Waals surface area contributed by atoms with Gasteiger partial charge < -0.3 is 9.64 Å². The molecule has 1 aromatic heterocycles. The number of ether oxygens (including phenoxy) is 1. The van der Waals surface area contributed by atoms with Crippen LogP contribution in [-0.4, -0.2) is 36.0 Å². The number of ketones is 1. The van der Waals surface area contributed by atoms with Gasteiger partial charge >= 0.3 is 0 Å². The molecule has 3 unspecified atom stereocenters. The van der Waals surface area contributed by atoms with Crippen molar-refractivity contribution in [1.82, 2.24) is 9.97 Å². The van der Waals surface area contributed by atoms with E-state index in [9.17, 15) is 4.79 Å². The van der Waals surface area contributed by atoms with Gasteiger partial charge in [0.1, 0.15) is 5.75 Å². The van der Waals surface area contributed by atoms with Crippen molar-refractivity contribution in [2.75, 3.05) is 25.1 Å². The second-order valence-corrected chi connectivity index (χ2v) is 8.39. The van der Waals surface area contributed by atoms with Gasteiger partial charge in [-0.3, -0.25) is 4.79 Å². The maximum Gasteiger partial charge on any atom is 0.225 e. The van der Waals surface area contributed by atoms with Crippen LogP contribution in [0, 0.1) is 17.8 Å². The zero-order valence-corrected chi connectivity index (χ0v) is 18.2. The van der Waals surface area contributed by atoms with Crippen molar-refractivity contribution in [2.45, 2.75) is 39.5 Å². The monoisotopic (exact) mass is 415 g/mol. The third kappa shape index (κ3) is 6.17. The van der Waals surface area contributed by atoms with Crippen molar-refractivity contribution in [1.29, 1.82) is 0 Å². The summed E-state index contributed by atoms with van der Waals surface area (Å²) >= 11 is 5.87. The van der Waals surface area contributed by atoms with E-state index >= 15 is 0 Å². The Morgan fingerprint density at radius 3 is 2.59 bits per heavy atom. The van der Waals surface area contributed by atoms with Crippen LogP contribution in [0.25, 0.3) is 0 Å². The summed E-state index contributed by atoms with van der Waals surface area (Å²) < 4.78 is 5.87. The fourth-order valence-corrected chi connectivity index (χ4v) is 4.07. The van der Waals surface area contributed by atoms with Crippen LogP contribution in [0.5, 0.6) is 5.75 Å².